The number of aromatic hydroxyl groups is 1. The van der Waals surface area contributed by atoms with Crippen molar-refractivity contribution in [2.45, 2.75) is 0 Å². The van der Waals surface area contributed by atoms with E-state index in [0.29, 0.717) is 11.3 Å². The van der Waals surface area contributed by atoms with Crippen molar-refractivity contribution in [2.75, 3.05) is 12.0 Å². The van der Waals surface area contributed by atoms with Crippen molar-refractivity contribution in [3.8, 4) is 11.5 Å². The lowest BCUT2D eigenvalue weighted by molar-refractivity contribution is -0.113. The smallest absolute Gasteiger partial charge is 0.263 e. The average molecular weight is 448 g/mol. The summed E-state index contributed by atoms with van der Waals surface area (Å²) in [6.07, 6.45) is 3.68. The second-order valence-corrected chi connectivity index (χ2v) is 7.37. The number of para-hydroxylation sites is 2. The maximum absolute atomic E-state index is 13.3. The van der Waals surface area contributed by atoms with Gasteiger partial charge in [0.25, 0.3) is 5.91 Å². The molecule has 29 heavy (non-hydrogen) atoms. The van der Waals surface area contributed by atoms with Crippen LogP contribution in [0.25, 0.3) is 11.8 Å². The van der Waals surface area contributed by atoms with Crippen molar-refractivity contribution in [1.29, 1.82) is 0 Å². The largest absolute Gasteiger partial charge is 0.506 e. The first kappa shape index (κ1) is 19.0. The summed E-state index contributed by atoms with van der Waals surface area (Å²) in [7, 11) is 1.61. The maximum atomic E-state index is 13.3. The quantitative estimate of drug-likeness (QED) is 0.526. The van der Waals surface area contributed by atoms with Crippen molar-refractivity contribution in [3.05, 3.63) is 100 Å². The number of carbonyl (C=O) groups excluding carboxylic acids is 1. The van der Waals surface area contributed by atoms with Crippen molar-refractivity contribution >= 4 is 39.3 Å². The molecule has 1 aliphatic rings. The zero-order valence-electron chi connectivity index (χ0n) is 15.7. The molecule has 0 saturated carbocycles. The van der Waals surface area contributed by atoms with Gasteiger partial charge < -0.3 is 9.84 Å². The summed E-state index contributed by atoms with van der Waals surface area (Å²) in [6, 6.07) is 22.1. The van der Waals surface area contributed by atoms with Crippen LogP contribution < -0.4 is 9.64 Å². The molecule has 0 aliphatic carbocycles. The molecule has 0 bridgehead atoms. The summed E-state index contributed by atoms with van der Waals surface area (Å²) in [4.78, 5) is 14.9. The third-order valence-electron chi connectivity index (χ3n) is 4.67. The van der Waals surface area contributed by atoms with Crippen molar-refractivity contribution in [1.82, 2.24) is 0 Å². The molecule has 0 spiro atoms. The molecule has 0 saturated heterocycles. The summed E-state index contributed by atoms with van der Waals surface area (Å²) in [6.45, 7) is 0. The molecule has 4 nitrogen and oxygen atoms in total. The minimum absolute atomic E-state index is 0.0520. The second kappa shape index (κ2) is 7.97. The first-order valence-corrected chi connectivity index (χ1v) is 9.82. The molecule has 0 radical (unpaired) electrons. The van der Waals surface area contributed by atoms with E-state index < -0.39 is 0 Å². The van der Waals surface area contributed by atoms with Crippen LogP contribution in [0.3, 0.4) is 0 Å². The monoisotopic (exact) mass is 447 g/mol. The number of halogens is 1. The number of ether oxygens (including phenoxy) is 1. The highest BCUT2D eigenvalue weighted by Crippen LogP contribution is 2.39. The minimum atomic E-state index is -0.197. The maximum Gasteiger partial charge on any atom is 0.263 e. The van der Waals surface area contributed by atoms with Gasteiger partial charge in [0.1, 0.15) is 11.5 Å². The van der Waals surface area contributed by atoms with Crippen LogP contribution in [-0.2, 0) is 4.79 Å². The molecule has 1 heterocycles. The van der Waals surface area contributed by atoms with E-state index in [0.717, 1.165) is 27.0 Å². The Morgan fingerprint density at radius 3 is 2.41 bits per heavy atom. The Bertz CT molecular complexity index is 1140. The number of methoxy groups -OCH3 is 1. The van der Waals surface area contributed by atoms with E-state index in [1.807, 2.05) is 60.7 Å². The standard InChI is InChI=1S/C24H18BrNO3/c1-29-23-12-11-16(14-19(23)25)13-18-15-21(17-7-3-2-4-8-17)26(24(18)28)20-9-5-6-10-22(20)27/h2-15,27H,1H3. The molecule has 0 aromatic heterocycles. The first-order valence-electron chi connectivity index (χ1n) is 9.03. The Morgan fingerprint density at radius 1 is 1.00 bits per heavy atom. The zero-order valence-corrected chi connectivity index (χ0v) is 17.3. The highest BCUT2D eigenvalue weighted by atomic mass is 79.9. The molecule has 4 rings (SSSR count). The molecule has 3 aromatic carbocycles. The van der Waals surface area contributed by atoms with Gasteiger partial charge in [0.15, 0.2) is 0 Å². The Kier molecular flexibility index (Phi) is 5.23. The molecular weight excluding hydrogens is 430 g/mol. The van der Waals surface area contributed by atoms with E-state index in [9.17, 15) is 9.90 Å². The molecule has 0 fully saturated rings. The number of hydrogen-bond acceptors (Lipinski definition) is 3. The first-order chi connectivity index (χ1) is 14.1. The molecule has 1 aliphatic heterocycles. The highest BCUT2D eigenvalue weighted by Gasteiger charge is 2.31. The van der Waals surface area contributed by atoms with Gasteiger partial charge in [-0.05, 0) is 63.5 Å². The predicted molar refractivity (Wildman–Crippen MR) is 119 cm³/mol. The number of phenolic OH excluding ortho intramolecular Hbond substituents is 1. The summed E-state index contributed by atoms with van der Waals surface area (Å²) in [5.41, 5.74) is 3.46. The van der Waals surface area contributed by atoms with E-state index in [2.05, 4.69) is 15.9 Å². The van der Waals surface area contributed by atoms with Crippen LogP contribution in [0.2, 0.25) is 0 Å². The van der Waals surface area contributed by atoms with Gasteiger partial charge in [0.2, 0.25) is 0 Å². The third kappa shape index (κ3) is 3.69. The average Bonchev–Trinajstić information content (AvgIpc) is 3.05. The fourth-order valence-corrected chi connectivity index (χ4v) is 3.84. The molecule has 144 valence electrons. The summed E-state index contributed by atoms with van der Waals surface area (Å²) < 4.78 is 6.08. The number of phenols is 1. The van der Waals surface area contributed by atoms with Crippen LogP contribution in [0.5, 0.6) is 11.5 Å². The highest BCUT2D eigenvalue weighted by molar-refractivity contribution is 9.10. The van der Waals surface area contributed by atoms with Gasteiger partial charge in [-0.3, -0.25) is 9.69 Å². The van der Waals surface area contributed by atoms with Crippen LogP contribution >= 0.6 is 15.9 Å². The second-order valence-electron chi connectivity index (χ2n) is 6.52. The fourth-order valence-electron chi connectivity index (χ4n) is 3.28. The number of nitrogens with zero attached hydrogens (tertiary/aromatic N) is 1. The minimum Gasteiger partial charge on any atom is -0.506 e. The Labute approximate surface area is 177 Å². The zero-order chi connectivity index (χ0) is 20.4. The molecule has 1 amide bonds. The number of hydrogen-bond donors (Lipinski definition) is 1. The molecule has 1 N–H and O–H groups in total. The number of benzene rings is 3. The summed E-state index contributed by atoms with van der Waals surface area (Å²) in [5.74, 6) is 0.578. The third-order valence-corrected chi connectivity index (χ3v) is 5.29. The predicted octanol–water partition coefficient (Wildman–Crippen LogP) is 5.63. The van der Waals surface area contributed by atoms with Crippen LogP contribution in [0.15, 0.2) is 88.9 Å². The van der Waals surface area contributed by atoms with E-state index in [4.69, 9.17) is 4.74 Å². The lowest BCUT2D eigenvalue weighted by Gasteiger charge is -2.21. The van der Waals surface area contributed by atoms with Gasteiger partial charge in [-0.25, -0.2) is 0 Å². The topological polar surface area (TPSA) is 49.8 Å². The van der Waals surface area contributed by atoms with Gasteiger partial charge in [0.05, 0.1) is 23.0 Å². The van der Waals surface area contributed by atoms with Crippen LogP contribution in [0.1, 0.15) is 11.1 Å². The Morgan fingerprint density at radius 2 is 1.72 bits per heavy atom. The van der Waals surface area contributed by atoms with Crippen molar-refractivity contribution in [3.63, 3.8) is 0 Å². The van der Waals surface area contributed by atoms with E-state index in [-0.39, 0.29) is 11.7 Å². The summed E-state index contributed by atoms with van der Waals surface area (Å²) >= 11 is 3.48. The Hall–Kier alpha value is -3.31. The van der Waals surface area contributed by atoms with Crippen LogP contribution in [0.4, 0.5) is 5.69 Å². The fraction of sp³-hybridized carbons (Fsp3) is 0.0417. The molecule has 0 atom stereocenters. The lowest BCUT2D eigenvalue weighted by Crippen LogP contribution is -2.25. The lowest BCUT2D eigenvalue weighted by atomic mass is 10.1. The molecule has 5 heteroatoms. The number of amides is 1. The molecule has 0 unspecified atom stereocenters. The molecule has 3 aromatic rings. The summed E-state index contributed by atoms with van der Waals surface area (Å²) in [5, 5.41) is 10.4. The normalized spacial score (nSPS) is 15.0. The van der Waals surface area contributed by atoms with Crippen molar-refractivity contribution in [2.24, 2.45) is 0 Å². The SMILES string of the molecule is COc1ccc(C=C2C=C(c3ccccc3)N(c3ccccc3O)C2=O)cc1Br. The number of rotatable bonds is 4. The molecular formula is C24H18BrNO3. The van der Waals surface area contributed by atoms with Gasteiger partial charge in [-0.2, -0.15) is 0 Å². The number of carbonyl (C=O) groups is 1. The number of anilines is 1. The van der Waals surface area contributed by atoms with Crippen molar-refractivity contribution < 1.29 is 14.6 Å². The van der Waals surface area contributed by atoms with Crippen LogP contribution in [-0.4, -0.2) is 18.1 Å². The van der Waals surface area contributed by atoms with E-state index in [1.165, 1.54) is 0 Å². The van der Waals surface area contributed by atoms with Gasteiger partial charge in [-0.1, -0.05) is 48.5 Å². The van der Waals surface area contributed by atoms with E-state index >= 15 is 0 Å². The van der Waals surface area contributed by atoms with E-state index in [1.54, 1.807) is 36.3 Å². The van der Waals surface area contributed by atoms with Gasteiger partial charge in [-0.15, -0.1) is 0 Å². The van der Waals surface area contributed by atoms with Gasteiger partial charge in [0, 0.05) is 5.57 Å². The van der Waals surface area contributed by atoms with Crippen LogP contribution in [0, 0.1) is 0 Å². The van der Waals surface area contributed by atoms with Gasteiger partial charge >= 0.3 is 0 Å². The Balaban J connectivity index is 1.82.